The Morgan fingerprint density at radius 3 is 2.39 bits per heavy atom. The van der Waals surface area contributed by atoms with E-state index in [-0.39, 0.29) is 12.1 Å². The Labute approximate surface area is 109 Å². The third kappa shape index (κ3) is 3.89. The van der Waals surface area contributed by atoms with Crippen molar-refractivity contribution >= 4 is 12.0 Å². The van der Waals surface area contributed by atoms with Crippen molar-refractivity contribution in [3.05, 3.63) is 0 Å². The van der Waals surface area contributed by atoms with Crippen molar-refractivity contribution < 1.29 is 14.7 Å². The van der Waals surface area contributed by atoms with Gasteiger partial charge in [-0.3, -0.25) is 0 Å². The van der Waals surface area contributed by atoms with E-state index in [1.165, 1.54) is 0 Å². The number of aliphatic carboxylic acids is 1. The van der Waals surface area contributed by atoms with Crippen LogP contribution in [0.25, 0.3) is 0 Å². The number of urea groups is 1. The molecule has 1 saturated carbocycles. The lowest BCUT2D eigenvalue weighted by Gasteiger charge is -2.29. The highest BCUT2D eigenvalue weighted by Crippen LogP contribution is 2.23. The molecule has 0 saturated heterocycles. The normalized spacial score (nSPS) is 17.4. The highest BCUT2D eigenvalue weighted by Gasteiger charge is 2.28. The van der Waals surface area contributed by atoms with E-state index in [1.54, 1.807) is 4.90 Å². The molecule has 0 aromatic rings. The lowest BCUT2D eigenvalue weighted by atomic mass is 10.1. The second-order valence-corrected chi connectivity index (χ2v) is 4.85. The molecule has 18 heavy (non-hydrogen) atoms. The first-order chi connectivity index (χ1) is 8.60. The van der Waals surface area contributed by atoms with Crippen molar-refractivity contribution in [3.8, 4) is 0 Å². The second-order valence-electron chi connectivity index (χ2n) is 4.85. The fourth-order valence-corrected chi connectivity index (χ4v) is 2.56. The van der Waals surface area contributed by atoms with E-state index in [2.05, 4.69) is 5.32 Å². The number of carboxylic acids is 1. The van der Waals surface area contributed by atoms with Crippen LogP contribution in [0.5, 0.6) is 0 Å². The van der Waals surface area contributed by atoms with E-state index in [0.717, 1.165) is 32.1 Å². The number of carbonyl (C=O) groups excluding carboxylic acids is 1. The molecule has 0 heterocycles. The van der Waals surface area contributed by atoms with E-state index in [4.69, 9.17) is 5.11 Å². The van der Waals surface area contributed by atoms with Crippen LogP contribution in [0.15, 0.2) is 0 Å². The lowest BCUT2D eigenvalue weighted by Crippen LogP contribution is -2.50. The Bertz CT molecular complexity index is 288. The van der Waals surface area contributed by atoms with Crippen molar-refractivity contribution in [2.75, 3.05) is 6.54 Å². The Morgan fingerprint density at radius 2 is 1.94 bits per heavy atom. The standard InChI is InChI=1S/C13H24N2O3/c1-3-7-11(12(16)17)14-13(18)15(4-2)10-8-5-6-9-10/h10-11H,3-9H2,1-2H3,(H,14,18)(H,16,17)/t11-/m1/s1. The van der Waals surface area contributed by atoms with Crippen LogP contribution in [-0.2, 0) is 4.79 Å². The van der Waals surface area contributed by atoms with Crippen LogP contribution in [0.3, 0.4) is 0 Å². The topological polar surface area (TPSA) is 69.6 Å². The summed E-state index contributed by atoms with van der Waals surface area (Å²) in [5.74, 6) is -0.951. The molecule has 2 amide bonds. The summed E-state index contributed by atoms with van der Waals surface area (Å²) >= 11 is 0. The molecule has 0 aromatic heterocycles. The molecule has 1 atom stereocenters. The van der Waals surface area contributed by atoms with Crippen molar-refractivity contribution in [3.63, 3.8) is 0 Å². The predicted octanol–water partition coefficient (Wildman–Crippen LogP) is 2.21. The van der Waals surface area contributed by atoms with Crippen molar-refractivity contribution in [2.45, 2.75) is 64.5 Å². The van der Waals surface area contributed by atoms with Crippen LogP contribution in [0.1, 0.15) is 52.4 Å². The Hall–Kier alpha value is -1.26. The molecule has 5 nitrogen and oxygen atoms in total. The minimum absolute atomic E-state index is 0.231. The van der Waals surface area contributed by atoms with Gasteiger partial charge in [0.15, 0.2) is 0 Å². The third-order valence-corrected chi connectivity index (χ3v) is 3.54. The largest absolute Gasteiger partial charge is 0.480 e. The van der Waals surface area contributed by atoms with Crippen LogP contribution in [-0.4, -0.2) is 40.6 Å². The van der Waals surface area contributed by atoms with Gasteiger partial charge in [0, 0.05) is 12.6 Å². The molecular formula is C13H24N2O3. The summed E-state index contributed by atoms with van der Waals surface area (Å²) in [6.45, 7) is 4.49. The van der Waals surface area contributed by atoms with Gasteiger partial charge in [-0.05, 0) is 26.2 Å². The van der Waals surface area contributed by atoms with E-state index in [1.807, 2.05) is 13.8 Å². The smallest absolute Gasteiger partial charge is 0.326 e. The monoisotopic (exact) mass is 256 g/mol. The molecule has 1 fully saturated rings. The first kappa shape index (κ1) is 14.8. The molecule has 5 heteroatoms. The van der Waals surface area contributed by atoms with Gasteiger partial charge in [-0.2, -0.15) is 0 Å². The van der Waals surface area contributed by atoms with Gasteiger partial charge in [0.1, 0.15) is 6.04 Å². The average Bonchev–Trinajstić information content (AvgIpc) is 2.83. The van der Waals surface area contributed by atoms with Gasteiger partial charge in [0.25, 0.3) is 0 Å². The number of hydrogen-bond acceptors (Lipinski definition) is 2. The summed E-state index contributed by atoms with van der Waals surface area (Å²) in [5.41, 5.74) is 0. The molecule has 0 unspecified atom stereocenters. The molecule has 1 aliphatic carbocycles. The Morgan fingerprint density at radius 1 is 1.33 bits per heavy atom. The van der Waals surface area contributed by atoms with E-state index < -0.39 is 12.0 Å². The van der Waals surface area contributed by atoms with E-state index in [0.29, 0.717) is 13.0 Å². The number of hydrogen-bond donors (Lipinski definition) is 2. The van der Waals surface area contributed by atoms with Gasteiger partial charge in [-0.1, -0.05) is 26.2 Å². The summed E-state index contributed by atoms with van der Waals surface area (Å²) < 4.78 is 0. The van der Waals surface area contributed by atoms with Crippen LogP contribution in [0.2, 0.25) is 0 Å². The first-order valence-corrected chi connectivity index (χ1v) is 6.90. The van der Waals surface area contributed by atoms with Crippen LogP contribution < -0.4 is 5.32 Å². The third-order valence-electron chi connectivity index (χ3n) is 3.54. The van der Waals surface area contributed by atoms with Gasteiger partial charge >= 0.3 is 12.0 Å². The lowest BCUT2D eigenvalue weighted by molar-refractivity contribution is -0.139. The number of rotatable bonds is 6. The maximum absolute atomic E-state index is 12.1. The van der Waals surface area contributed by atoms with E-state index in [9.17, 15) is 9.59 Å². The summed E-state index contributed by atoms with van der Waals surface area (Å²) in [7, 11) is 0. The zero-order valence-electron chi connectivity index (χ0n) is 11.3. The highest BCUT2D eigenvalue weighted by molar-refractivity contribution is 5.82. The Kier molecular flexibility index (Phi) is 5.95. The van der Waals surface area contributed by atoms with Crippen molar-refractivity contribution in [1.29, 1.82) is 0 Å². The van der Waals surface area contributed by atoms with E-state index >= 15 is 0 Å². The minimum Gasteiger partial charge on any atom is -0.480 e. The number of nitrogens with one attached hydrogen (secondary N) is 1. The molecule has 0 radical (unpaired) electrons. The van der Waals surface area contributed by atoms with Crippen LogP contribution in [0, 0.1) is 0 Å². The molecular weight excluding hydrogens is 232 g/mol. The molecule has 1 aliphatic rings. The number of amides is 2. The molecule has 0 aromatic carbocycles. The number of carbonyl (C=O) groups is 2. The maximum Gasteiger partial charge on any atom is 0.326 e. The minimum atomic E-state index is -0.951. The fourth-order valence-electron chi connectivity index (χ4n) is 2.56. The molecule has 1 rings (SSSR count). The number of carboxylic acid groups (broad SMARTS) is 1. The van der Waals surface area contributed by atoms with Gasteiger partial charge < -0.3 is 15.3 Å². The van der Waals surface area contributed by atoms with Gasteiger partial charge in [-0.15, -0.1) is 0 Å². The van der Waals surface area contributed by atoms with Gasteiger partial charge in [0.2, 0.25) is 0 Å². The zero-order valence-corrected chi connectivity index (χ0v) is 11.3. The molecule has 2 N–H and O–H groups in total. The summed E-state index contributed by atoms with van der Waals surface area (Å²) in [5, 5.41) is 11.7. The van der Waals surface area contributed by atoms with Crippen LogP contribution >= 0.6 is 0 Å². The molecule has 0 bridgehead atoms. The van der Waals surface area contributed by atoms with Crippen molar-refractivity contribution in [1.82, 2.24) is 10.2 Å². The zero-order chi connectivity index (χ0) is 13.5. The van der Waals surface area contributed by atoms with Crippen molar-refractivity contribution in [2.24, 2.45) is 0 Å². The quantitative estimate of drug-likeness (QED) is 0.765. The predicted molar refractivity (Wildman–Crippen MR) is 69.5 cm³/mol. The SMILES string of the molecule is CCC[C@@H](NC(=O)N(CC)C1CCCC1)C(=O)O. The van der Waals surface area contributed by atoms with Gasteiger partial charge in [-0.25, -0.2) is 9.59 Å². The first-order valence-electron chi connectivity index (χ1n) is 6.90. The molecule has 0 spiro atoms. The molecule has 0 aliphatic heterocycles. The Balaban J connectivity index is 2.57. The average molecular weight is 256 g/mol. The fraction of sp³-hybridized carbons (Fsp3) is 0.846. The van der Waals surface area contributed by atoms with Gasteiger partial charge in [0.05, 0.1) is 0 Å². The second kappa shape index (κ2) is 7.24. The summed E-state index contributed by atoms with van der Waals surface area (Å²) in [4.78, 5) is 24.9. The number of nitrogens with zero attached hydrogens (tertiary/aromatic N) is 1. The summed E-state index contributed by atoms with van der Waals surface area (Å²) in [6.07, 6.45) is 5.60. The molecule has 104 valence electrons. The van der Waals surface area contributed by atoms with Crippen LogP contribution in [0.4, 0.5) is 4.79 Å². The highest BCUT2D eigenvalue weighted by atomic mass is 16.4. The maximum atomic E-state index is 12.1. The summed E-state index contributed by atoms with van der Waals surface area (Å²) in [6, 6.07) is -0.714.